The molecule has 1 rings (SSSR count). The van der Waals surface area contributed by atoms with Crippen molar-refractivity contribution in [2.45, 2.75) is 46.5 Å². The van der Waals surface area contributed by atoms with Gasteiger partial charge in [-0.15, -0.1) is 0 Å². The summed E-state index contributed by atoms with van der Waals surface area (Å²) in [5.74, 6) is -0.420. The Hall–Kier alpha value is -1.45. The average Bonchev–Trinajstić information content (AvgIpc) is 2.15. The summed E-state index contributed by atoms with van der Waals surface area (Å²) in [6.45, 7) is 9.73. The highest BCUT2D eigenvalue weighted by molar-refractivity contribution is 5.76. The lowest BCUT2D eigenvalue weighted by molar-refractivity contribution is -0.141. The highest BCUT2D eigenvalue weighted by atomic mass is 16.4. The van der Waals surface area contributed by atoms with Gasteiger partial charge in [-0.2, -0.15) is 0 Å². The van der Waals surface area contributed by atoms with Crippen molar-refractivity contribution in [2.75, 3.05) is 0 Å². The van der Waals surface area contributed by atoms with Crippen molar-refractivity contribution in [3.8, 4) is 0 Å². The van der Waals surface area contributed by atoms with Crippen LogP contribution in [0.15, 0.2) is 12.4 Å². The quantitative estimate of drug-likeness (QED) is 0.876. The van der Waals surface area contributed by atoms with Gasteiger partial charge < -0.3 is 5.11 Å². The second kappa shape index (κ2) is 4.82. The van der Waals surface area contributed by atoms with Crippen LogP contribution < -0.4 is 0 Å². The van der Waals surface area contributed by atoms with Crippen molar-refractivity contribution in [3.63, 3.8) is 0 Å². The fraction of sp³-hybridized carbons (Fsp3) is 0.615. The number of aromatic nitrogens is 2. The normalized spacial score (nSPS) is 13.8. The van der Waals surface area contributed by atoms with Crippen LogP contribution in [0.1, 0.15) is 57.8 Å². The van der Waals surface area contributed by atoms with Gasteiger partial charge in [-0.05, 0) is 5.41 Å². The minimum absolute atomic E-state index is 0.252. The third kappa shape index (κ3) is 3.25. The molecular weight excluding hydrogens is 216 g/mol. The van der Waals surface area contributed by atoms with Crippen molar-refractivity contribution < 1.29 is 9.90 Å². The van der Waals surface area contributed by atoms with Crippen molar-refractivity contribution in [2.24, 2.45) is 5.41 Å². The predicted octanol–water partition coefficient (Wildman–Crippen LogP) is 2.81. The van der Waals surface area contributed by atoms with Gasteiger partial charge in [-0.3, -0.25) is 4.79 Å². The van der Waals surface area contributed by atoms with Gasteiger partial charge in [0.15, 0.2) is 0 Å². The van der Waals surface area contributed by atoms with Crippen molar-refractivity contribution >= 4 is 5.97 Å². The molecule has 0 saturated heterocycles. The molecule has 17 heavy (non-hydrogen) atoms. The summed E-state index contributed by atoms with van der Waals surface area (Å²) in [5, 5.41) is 9.29. The first-order valence-electron chi connectivity index (χ1n) is 5.78. The third-order valence-electron chi connectivity index (χ3n) is 2.65. The second-order valence-electron chi connectivity index (χ2n) is 5.67. The van der Waals surface area contributed by atoms with Crippen LogP contribution >= 0.6 is 0 Å². The van der Waals surface area contributed by atoms with Crippen molar-refractivity contribution in [3.05, 3.63) is 23.8 Å². The van der Waals surface area contributed by atoms with Crippen LogP contribution in [0.25, 0.3) is 0 Å². The molecule has 0 amide bonds. The van der Waals surface area contributed by atoms with Gasteiger partial charge in [0, 0.05) is 23.9 Å². The molecule has 0 saturated carbocycles. The summed E-state index contributed by atoms with van der Waals surface area (Å²) < 4.78 is 0. The molecule has 0 aliphatic rings. The molecule has 0 aromatic carbocycles. The Labute approximate surface area is 102 Å². The molecule has 0 aliphatic carbocycles. The van der Waals surface area contributed by atoms with Gasteiger partial charge in [-0.1, -0.05) is 34.6 Å². The lowest BCUT2D eigenvalue weighted by Gasteiger charge is -2.26. The summed E-state index contributed by atoms with van der Waals surface area (Å²) in [6, 6.07) is 0. The Balaban J connectivity index is 3.09. The fourth-order valence-electron chi connectivity index (χ4n) is 1.81. The lowest BCUT2D eigenvalue weighted by Crippen LogP contribution is -2.26. The SMILES string of the molecule is CC(C)c1ncc(C(C(=O)O)C(C)(C)C)cn1. The molecule has 1 aromatic heterocycles. The molecule has 1 atom stereocenters. The number of carboxylic acid groups (broad SMARTS) is 1. The van der Waals surface area contributed by atoms with Gasteiger partial charge >= 0.3 is 5.97 Å². The first kappa shape index (κ1) is 13.6. The van der Waals surface area contributed by atoms with Crippen LogP contribution in [0.2, 0.25) is 0 Å². The molecule has 0 fully saturated rings. The highest BCUT2D eigenvalue weighted by Crippen LogP contribution is 2.34. The van der Waals surface area contributed by atoms with Gasteiger partial charge in [0.05, 0.1) is 5.92 Å². The zero-order valence-corrected chi connectivity index (χ0v) is 11.1. The largest absolute Gasteiger partial charge is 0.481 e. The van der Waals surface area contributed by atoms with Crippen LogP contribution in [-0.4, -0.2) is 21.0 Å². The highest BCUT2D eigenvalue weighted by Gasteiger charge is 2.33. The summed E-state index contributed by atoms with van der Waals surface area (Å²) in [7, 11) is 0. The first-order valence-corrected chi connectivity index (χ1v) is 5.78. The first-order chi connectivity index (χ1) is 7.73. The monoisotopic (exact) mass is 236 g/mol. The average molecular weight is 236 g/mol. The van der Waals surface area contributed by atoms with E-state index in [-0.39, 0.29) is 11.3 Å². The van der Waals surface area contributed by atoms with E-state index in [2.05, 4.69) is 9.97 Å². The summed E-state index contributed by atoms with van der Waals surface area (Å²) in [6.07, 6.45) is 3.26. The molecule has 0 spiro atoms. The standard InChI is InChI=1S/C13H20N2O2/c1-8(2)11-14-6-9(7-15-11)10(12(16)17)13(3,4)5/h6-8,10H,1-5H3,(H,16,17). The van der Waals surface area contributed by atoms with E-state index in [0.717, 1.165) is 5.82 Å². The molecule has 0 bridgehead atoms. The molecule has 4 nitrogen and oxygen atoms in total. The van der Waals surface area contributed by atoms with E-state index >= 15 is 0 Å². The van der Waals surface area contributed by atoms with E-state index in [1.165, 1.54) is 0 Å². The van der Waals surface area contributed by atoms with Crippen molar-refractivity contribution in [1.29, 1.82) is 0 Å². The van der Waals surface area contributed by atoms with Crippen LogP contribution in [0.5, 0.6) is 0 Å². The molecule has 94 valence electrons. The minimum atomic E-state index is -0.835. The maximum absolute atomic E-state index is 11.3. The number of aliphatic carboxylic acids is 1. The molecule has 1 aromatic rings. The summed E-state index contributed by atoms with van der Waals surface area (Å²) in [5.41, 5.74) is 0.309. The molecule has 1 N–H and O–H groups in total. The molecular formula is C13H20N2O2. The van der Waals surface area contributed by atoms with Gasteiger partial charge in [-0.25, -0.2) is 9.97 Å². The number of carbonyl (C=O) groups is 1. The maximum Gasteiger partial charge on any atom is 0.311 e. The van der Waals surface area contributed by atoms with Crippen LogP contribution in [0, 0.1) is 5.41 Å². The van der Waals surface area contributed by atoms with E-state index in [9.17, 15) is 9.90 Å². The number of hydrogen-bond acceptors (Lipinski definition) is 3. The fourth-order valence-corrected chi connectivity index (χ4v) is 1.81. The Kier molecular flexibility index (Phi) is 3.86. The topological polar surface area (TPSA) is 63.1 Å². The van der Waals surface area contributed by atoms with Gasteiger partial charge in [0.25, 0.3) is 0 Å². The van der Waals surface area contributed by atoms with Crippen LogP contribution in [0.4, 0.5) is 0 Å². The molecule has 1 unspecified atom stereocenters. The zero-order valence-electron chi connectivity index (χ0n) is 11.1. The van der Waals surface area contributed by atoms with Gasteiger partial charge in [0.2, 0.25) is 0 Å². The Morgan fingerprint density at radius 1 is 1.24 bits per heavy atom. The maximum atomic E-state index is 11.3. The minimum Gasteiger partial charge on any atom is -0.481 e. The number of carboxylic acids is 1. The number of nitrogens with zero attached hydrogens (tertiary/aromatic N) is 2. The molecule has 1 heterocycles. The number of hydrogen-bond donors (Lipinski definition) is 1. The van der Waals surface area contributed by atoms with Gasteiger partial charge in [0.1, 0.15) is 5.82 Å². The zero-order chi connectivity index (χ0) is 13.2. The smallest absolute Gasteiger partial charge is 0.311 e. The Morgan fingerprint density at radius 3 is 2.00 bits per heavy atom. The lowest BCUT2D eigenvalue weighted by atomic mass is 9.77. The van der Waals surface area contributed by atoms with Crippen LogP contribution in [-0.2, 0) is 4.79 Å². The second-order valence-corrected chi connectivity index (χ2v) is 5.67. The summed E-state index contributed by atoms with van der Waals surface area (Å²) in [4.78, 5) is 19.8. The Morgan fingerprint density at radius 2 is 1.71 bits per heavy atom. The van der Waals surface area contributed by atoms with E-state index in [1.54, 1.807) is 12.4 Å². The molecule has 4 heteroatoms. The molecule has 0 radical (unpaired) electrons. The number of rotatable bonds is 3. The molecule has 0 aliphatic heterocycles. The summed E-state index contributed by atoms with van der Waals surface area (Å²) >= 11 is 0. The van der Waals surface area contributed by atoms with Crippen LogP contribution in [0.3, 0.4) is 0 Å². The predicted molar refractivity (Wildman–Crippen MR) is 66.0 cm³/mol. The Bertz CT molecular complexity index is 391. The van der Waals surface area contributed by atoms with E-state index in [4.69, 9.17) is 0 Å². The van der Waals surface area contributed by atoms with Crippen molar-refractivity contribution in [1.82, 2.24) is 9.97 Å². The van der Waals surface area contributed by atoms with E-state index in [1.807, 2.05) is 34.6 Å². The van der Waals surface area contributed by atoms with E-state index < -0.39 is 11.9 Å². The van der Waals surface area contributed by atoms with E-state index in [0.29, 0.717) is 5.56 Å². The third-order valence-corrected chi connectivity index (χ3v) is 2.65.